The van der Waals surface area contributed by atoms with Crippen molar-refractivity contribution in [1.82, 2.24) is 20.5 Å². The molecule has 7 heteroatoms. The lowest BCUT2D eigenvalue weighted by molar-refractivity contribution is 0.277. The highest BCUT2D eigenvalue weighted by Crippen LogP contribution is 2.17. The standard InChI is InChI=1S/C22H33N5S.HI/c1-17-21(28-18(2)26-17)15-25-22(23-3)24-14-19-9-8-10-20(13-19)16-27-11-6-4-5-7-12-27;/h8-10,13H,4-7,11-12,14-16H2,1-3H3,(H2,23,24,25);1H. The van der Waals surface area contributed by atoms with Crippen LogP contribution >= 0.6 is 35.3 Å². The summed E-state index contributed by atoms with van der Waals surface area (Å²) in [6.07, 6.45) is 5.43. The van der Waals surface area contributed by atoms with Crippen molar-refractivity contribution in [2.45, 2.75) is 59.2 Å². The summed E-state index contributed by atoms with van der Waals surface area (Å²) in [6, 6.07) is 8.92. The van der Waals surface area contributed by atoms with Crippen LogP contribution in [0.1, 0.15) is 52.4 Å². The average molecular weight is 528 g/mol. The van der Waals surface area contributed by atoms with Gasteiger partial charge in [0.2, 0.25) is 0 Å². The number of nitrogens with zero attached hydrogens (tertiary/aromatic N) is 3. The molecule has 0 spiro atoms. The van der Waals surface area contributed by atoms with Crippen LogP contribution < -0.4 is 10.6 Å². The van der Waals surface area contributed by atoms with Gasteiger partial charge in [0.15, 0.2) is 5.96 Å². The molecular weight excluding hydrogens is 493 g/mol. The van der Waals surface area contributed by atoms with Gasteiger partial charge < -0.3 is 10.6 Å². The van der Waals surface area contributed by atoms with E-state index in [9.17, 15) is 0 Å². The number of aryl methyl sites for hydroxylation is 2. The van der Waals surface area contributed by atoms with Gasteiger partial charge in [-0.05, 0) is 50.9 Å². The summed E-state index contributed by atoms with van der Waals surface area (Å²) in [5.74, 6) is 0.823. The molecule has 1 aromatic heterocycles. The first-order valence-corrected chi connectivity index (χ1v) is 11.1. The number of aromatic nitrogens is 1. The number of guanidine groups is 1. The zero-order chi connectivity index (χ0) is 19.8. The molecule has 1 fully saturated rings. The first-order valence-electron chi connectivity index (χ1n) is 10.3. The fraction of sp³-hybridized carbons (Fsp3) is 0.545. The normalized spacial score (nSPS) is 15.5. The minimum absolute atomic E-state index is 0. The summed E-state index contributed by atoms with van der Waals surface area (Å²) in [6.45, 7) is 9.16. The maximum absolute atomic E-state index is 4.49. The molecule has 3 rings (SSSR count). The van der Waals surface area contributed by atoms with Gasteiger partial charge in [-0.15, -0.1) is 35.3 Å². The smallest absolute Gasteiger partial charge is 0.191 e. The van der Waals surface area contributed by atoms with E-state index >= 15 is 0 Å². The number of hydrogen-bond acceptors (Lipinski definition) is 4. The van der Waals surface area contributed by atoms with Gasteiger partial charge in [-0.1, -0.05) is 37.1 Å². The molecule has 160 valence electrons. The zero-order valence-electron chi connectivity index (χ0n) is 17.8. The van der Waals surface area contributed by atoms with E-state index in [1.807, 2.05) is 14.0 Å². The first-order chi connectivity index (χ1) is 13.6. The van der Waals surface area contributed by atoms with Gasteiger partial charge in [-0.2, -0.15) is 0 Å². The highest BCUT2D eigenvalue weighted by atomic mass is 127. The van der Waals surface area contributed by atoms with E-state index in [1.54, 1.807) is 11.3 Å². The second-order valence-electron chi connectivity index (χ2n) is 7.53. The van der Waals surface area contributed by atoms with E-state index in [4.69, 9.17) is 0 Å². The van der Waals surface area contributed by atoms with Gasteiger partial charge in [0.25, 0.3) is 0 Å². The molecule has 2 heterocycles. The van der Waals surface area contributed by atoms with Gasteiger partial charge in [0.05, 0.1) is 17.2 Å². The van der Waals surface area contributed by atoms with Crippen molar-refractivity contribution in [3.05, 3.63) is 51.0 Å². The molecule has 5 nitrogen and oxygen atoms in total. The lowest BCUT2D eigenvalue weighted by Gasteiger charge is -2.20. The molecule has 0 radical (unpaired) electrons. The molecule has 0 saturated carbocycles. The number of nitrogens with one attached hydrogen (secondary N) is 2. The SMILES string of the molecule is CN=C(NCc1cccc(CN2CCCCCC2)c1)NCc1sc(C)nc1C.I. The second kappa shape index (κ2) is 12.5. The van der Waals surface area contributed by atoms with Crippen molar-refractivity contribution in [3.8, 4) is 0 Å². The molecule has 0 atom stereocenters. The van der Waals surface area contributed by atoms with Crippen LogP contribution in [0.15, 0.2) is 29.3 Å². The molecule has 0 aliphatic carbocycles. The van der Waals surface area contributed by atoms with E-state index in [-0.39, 0.29) is 24.0 Å². The predicted octanol–water partition coefficient (Wildman–Crippen LogP) is 4.62. The Morgan fingerprint density at radius 3 is 2.41 bits per heavy atom. The Balaban J connectivity index is 0.00000300. The number of benzene rings is 1. The van der Waals surface area contributed by atoms with Crippen molar-refractivity contribution >= 4 is 41.3 Å². The zero-order valence-corrected chi connectivity index (χ0v) is 21.0. The van der Waals surface area contributed by atoms with Gasteiger partial charge in [0, 0.05) is 25.0 Å². The largest absolute Gasteiger partial charge is 0.352 e. The third-order valence-corrected chi connectivity index (χ3v) is 6.27. The molecule has 1 aromatic carbocycles. The minimum Gasteiger partial charge on any atom is -0.352 e. The van der Waals surface area contributed by atoms with Gasteiger partial charge in [0.1, 0.15) is 0 Å². The van der Waals surface area contributed by atoms with Crippen molar-refractivity contribution < 1.29 is 0 Å². The molecule has 1 saturated heterocycles. The fourth-order valence-electron chi connectivity index (χ4n) is 3.70. The topological polar surface area (TPSA) is 52.6 Å². The maximum Gasteiger partial charge on any atom is 0.191 e. The molecular formula is C22H34IN5S. The third kappa shape index (κ3) is 7.86. The number of thiazole rings is 1. The van der Waals surface area contributed by atoms with Crippen LogP contribution in [-0.4, -0.2) is 36.0 Å². The Labute approximate surface area is 196 Å². The summed E-state index contributed by atoms with van der Waals surface area (Å²) in [7, 11) is 1.82. The van der Waals surface area contributed by atoms with E-state index < -0.39 is 0 Å². The molecule has 0 amide bonds. The molecule has 1 aliphatic rings. The fourth-order valence-corrected chi connectivity index (χ4v) is 4.58. The summed E-state index contributed by atoms with van der Waals surface area (Å²) in [5.41, 5.74) is 3.80. The summed E-state index contributed by atoms with van der Waals surface area (Å²) < 4.78 is 0. The Morgan fingerprint density at radius 2 is 1.76 bits per heavy atom. The number of aliphatic imine (C=N–C) groups is 1. The van der Waals surface area contributed by atoms with Crippen molar-refractivity contribution in [2.24, 2.45) is 4.99 Å². The van der Waals surface area contributed by atoms with Crippen molar-refractivity contribution in [3.63, 3.8) is 0 Å². The number of likely N-dealkylation sites (tertiary alicyclic amines) is 1. The van der Waals surface area contributed by atoms with Crippen LogP contribution in [0.25, 0.3) is 0 Å². The van der Waals surface area contributed by atoms with E-state index in [0.717, 1.165) is 36.3 Å². The molecule has 1 aliphatic heterocycles. The quantitative estimate of drug-likeness (QED) is 0.327. The average Bonchev–Trinajstić information content (AvgIpc) is 2.86. The van der Waals surface area contributed by atoms with Crippen LogP contribution in [0.4, 0.5) is 0 Å². The van der Waals surface area contributed by atoms with Gasteiger partial charge >= 0.3 is 0 Å². The Hall–Kier alpha value is -1.19. The van der Waals surface area contributed by atoms with Crippen LogP contribution in [0, 0.1) is 13.8 Å². The maximum atomic E-state index is 4.49. The van der Waals surface area contributed by atoms with Crippen LogP contribution in [0.2, 0.25) is 0 Å². The van der Waals surface area contributed by atoms with Gasteiger partial charge in [-0.25, -0.2) is 4.98 Å². The van der Waals surface area contributed by atoms with Gasteiger partial charge in [-0.3, -0.25) is 9.89 Å². The number of rotatable bonds is 6. The van der Waals surface area contributed by atoms with E-state index in [0.29, 0.717) is 0 Å². The summed E-state index contributed by atoms with van der Waals surface area (Å²) in [4.78, 5) is 12.7. The van der Waals surface area contributed by atoms with E-state index in [1.165, 1.54) is 54.8 Å². The second-order valence-corrected chi connectivity index (χ2v) is 8.82. The van der Waals surface area contributed by atoms with Crippen LogP contribution in [-0.2, 0) is 19.6 Å². The lowest BCUT2D eigenvalue weighted by atomic mass is 10.1. The Bertz CT molecular complexity index is 781. The first kappa shape index (κ1) is 24.1. The predicted molar refractivity (Wildman–Crippen MR) is 134 cm³/mol. The molecule has 0 unspecified atom stereocenters. The van der Waals surface area contributed by atoms with Crippen LogP contribution in [0.3, 0.4) is 0 Å². The third-order valence-electron chi connectivity index (χ3n) is 5.20. The van der Waals surface area contributed by atoms with Crippen LogP contribution in [0.5, 0.6) is 0 Å². The van der Waals surface area contributed by atoms with Crippen molar-refractivity contribution in [1.29, 1.82) is 0 Å². The molecule has 2 aromatic rings. The Kier molecular flexibility index (Phi) is 10.4. The monoisotopic (exact) mass is 527 g/mol. The molecule has 29 heavy (non-hydrogen) atoms. The lowest BCUT2D eigenvalue weighted by Crippen LogP contribution is -2.36. The summed E-state index contributed by atoms with van der Waals surface area (Å²) in [5, 5.41) is 7.94. The molecule has 0 bridgehead atoms. The van der Waals surface area contributed by atoms with E-state index in [2.05, 4.69) is 56.7 Å². The number of hydrogen-bond donors (Lipinski definition) is 2. The highest BCUT2D eigenvalue weighted by molar-refractivity contribution is 14.0. The summed E-state index contributed by atoms with van der Waals surface area (Å²) >= 11 is 1.74. The minimum atomic E-state index is 0. The molecule has 2 N–H and O–H groups in total. The highest BCUT2D eigenvalue weighted by Gasteiger charge is 2.10. The Morgan fingerprint density at radius 1 is 1.07 bits per heavy atom. The number of halogens is 1. The van der Waals surface area contributed by atoms with Crippen molar-refractivity contribution in [2.75, 3.05) is 20.1 Å².